The summed E-state index contributed by atoms with van der Waals surface area (Å²) in [7, 11) is 2.07. The molecule has 17 heavy (non-hydrogen) atoms. The minimum Gasteiger partial charge on any atom is -0.329 e. The Morgan fingerprint density at radius 3 is 2.71 bits per heavy atom. The molecular formula is C13H21FN2S. The first-order valence-electron chi connectivity index (χ1n) is 5.75. The molecule has 1 rings (SSSR count). The monoisotopic (exact) mass is 256 g/mol. The molecule has 0 aliphatic rings. The number of nitrogens with two attached hydrogens (primary N) is 1. The summed E-state index contributed by atoms with van der Waals surface area (Å²) in [4.78, 5) is 2.23. The van der Waals surface area contributed by atoms with E-state index in [2.05, 4.69) is 18.2 Å². The van der Waals surface area contributed by atoms with Gasteiger partial charge in [0.05, 0.1) is 0 Å². The van der Waals surface area contributed by atoms with Crippen LogP contribution in [0, 0.1) is 12.7 Å². The van der Waals surface area contributed by atoms with Gasteiger partial charge in [0, 0.05) is 24.9 Å². The van der Waals surface area contributed by atoms with Crippen LogP contribution in [0.2, 0.25) is 0 Å². The second kappa shape index (κ2) is 6.99. The topological polar surface area (TPSA) is 29.3 Å². The van der Waals surface area contributed by atoms with Crippen molar-refractivity contribution in [2.45, 2.75) is 13.0 Å². The molecule has 0 aliphatic carbocycles. The summed E-state index contributed by atoms with van der Waals surface area (Å²) in [5, 5.41) is 0. The highest BCUT2D eigenvalue weighted by Gasteiger charge is 2.17. The molecule has 1 aromatic rings. The highest BCUT2D eigenvalue weighted by molar-refractivity contribution is 7.98. The van der Waals surface area contributed by atoms with Crippen LogP contribution in [-0.2, 0) is 0 Å². The van der Waals surface area contributed by atoms with E-state index in [1.807, 2.05) is 24.8 Å². The van der Waals surface area contributed by atoms with Gasteiger partial charge in [-0.05, 0) is 43.5 Å². The number of aryl methyl sites for hydroxylation is 1. The molecule has 0 radical (unpaired) electrons. The van der Waals surface area contributed by atoms with Gasteiger partial charge in [-0.1, -0.05) is 6.07 Å². The molecule has 2 nitrogen and oxygen atoms in total. The maximum absolute atomic E-state index is 13.1. The zero-order chi connectivity index (χ0) is 12.8. The second-order valence-corrected chi connectivity index (χ2v) is 5.21. The van der Waals surface area contributed by atoms with E-state index in [0.29, 0.717) is 6.54 Å². The van der Waals surface area contributed by atoms with Crippen molar-refractivity contribution in [3.05, 3.63) is 35.1 Å². The fraction of sp³-hybridized carbons (Fsp3) is 0.538. The quantitative estimate of drug-likeness (QED) is 0.847. The van der Waals surface area contributed by atoms with Gasteiger partial charge in [-0.15, -0.1) is 0 Å². The highest BCUT2D eigenvalue weighted by atomic mass is 32.2. The van der Waals surface area contributed by atoms with Crippen LogP contribution < -0.4 is 5.73 Å². The summed E-state index contributed by atoms with van der Waals surface area (Å²) >= 11 is 1.82. The average Bonchev–Trinajstić information content (AvgIpc) is 2.30. The van der Waals surface area contributed by atoms with E-state index in [1.165, 1.54) is 6.07 Å². The van der Waals surface area contributed by atoms with E-state index >= 15 is 0 Å². The smallest absolute Gasteiger partial charge is 0.123 e. The van der Waals surface area contributed by atoms with E-state index in [9.17, 15) is 4.39 Å². The first-order valence-corrected chi connectivity index (χ1v) is 7.14. The Kier molecular flexibility index (Phi) is 5.95. The van der Waals surface area contributed by atoms with Crippen molar-refractivity contribution in [2.75, 3.05) is 32.1 Å². The molecule has 0 saturated carbocycles. The SMILES string of the molecule is CSCCN(C)C(CN)c1ccc(F)cc1C. The maximum Gasteiger partial charge on any atom is 0.123 e. The van der Waals surface area contributed by atoms with Gasteiger partial charge in [-0.3, -0.25) is 4.90 Å². The van der Waals surface area contributed by atoms with Crippen molar-refractivity contribution in [1.29, 1.82) is 0 Å². The molecule has 0 bridgehead atoms. The molecule has 0 amide bonds. The number of likely N-dealkylation sites (N-methyl/N-ethyl adjacent to an activating group) is 1. The molecule has 1 unspecified atom stereocenters. The van der Waals surface area contributed by atoms with Gasteiger partial charge in [0.15, 0.2) is 0 Å². The summed E-state index contributed by atoms with van der Waals surface area (Å²) in [5.41, 5.74) is 7.93. The van der Waals surface area contributed by atoms with Crippen LogP contribution in [0.4, 0.5) is 4.39 Å². The fourth-order valence-electron chi connectivity index (χ4n) is 1.95. The lowest BCUT2D eigenvalue weighted by atomic mass is 10.00. The minimum absolute atomic E-state index is 0.169. The number of hydrogen-bond acceptors (Lipinski definition) is 3. The summed E-state index contributed by atoms with van der Waals surface area (Å²) in [5.74, 6) is 0.890. The molecule has 2 N–H and O–H groups in total. The van der Waals surface area contributed by atoms with Crippen LogP contribution >= 0.6 is 11.8 Å². The molecule has 0 heterocycles. The number of rotatable bonds is 6. The van der Waals surface area contributed by atoms with Crippen molar-refractivity contribution >= 4 is 11.8 Å². The Morgan fingerprint density at radius 2 is 2.18 bits per heavy atom. The third kappa shape index (κ3) is 3.98. The average molecular weight is 256 g/mol. The molecule has 0 aliphatic heterocycles. The molecular weight excluding hydrogens is 235 g/mol. The lowest BCUT2D eigenvalue weighted by Crippen LogP contribution is -2.32. The largest absolute Gasteiger partial charge is 0.329 e. The Hall–Kier alpha value is -0.580. The summed E-state index contributed by atoms with van der Waals surface area (Å²) in [6.07, 6.45) is 2.09. The van der Waals surface area contributed by atoms with E-state index in [1.54, 1.807) is 6.07 Å². The zero-order valence-corrected chi connectivity index (χ0v) is 11.6. The van der Waals surface area contributed by atoms with E-state index in [4.69, 9.17) is 5.73 Å². The minimum atomic E-state index is -0.186. The highest BCUT2D eigenvalue weighted by Crippen LogP contribution is 2.22. The molecule has 0 spiro atoms. The van der Waals surface area contributed by atoms with Crippen LogP contribution in [0.25, 0.3) is 0 Å². The van der Waals surface area contributed by atoms with Gasteiger partial charge >= 0.3 is 0 Å². The maximum atomic E-state index is 13.1. The van der Waals surface area contributed by atoms with E-state index in [0.717, 1.165) is 23.4 Å². The third-order valence-corrected chi connectivity index (χ3v) is 3.59. The predicted octanol–water partition coefficient (Wildman–Crippen LogP) is 2.43. The van der Waals surface area contributed by atoms with Gasteiger partial charge in [-0.25, -0.2) is 4.39 Å². The van der Waals surface area contributed by atoms with E-state index < -0.39 is 0 Å². The third-order valence-electron chi connectivity index (χ3n) is 2.99. The summed E-state index contributed by atoms with van der Waals surface area (Å²) in [6, 6.07) is 5.09. The number of benzene rings is 1. The fourth-order valence-corrected chi connectivity index (χ4v) is 2.42. The molecule has 0 fully saturated rings. The molecule has 1 atom stereocenters. The number of halogens is 1. The van der Waals surface area contributed by atoms with Crippen molar-refractivity contribution in [1.82, 2.24) is 4.90 Å². The van der Waals surface area contributed by atoms with Crippen LogP contribution in [-0.4, -0.2) is 37.0 Å². The Balaban J connectivity index is 2.85. The van der Waals surface area contributed by atoms with Crippen LogP contribution in [0.15, 0.2) is 18.2 Å². The number of thioether (sulfide) groups is 1. The van der Waals surface area contributed by atoms with Crippen molar-refractivity contribution in [3.8, 4) is 0 Å². The second-order valence-electron chi connectivity index (χ2n) is 4.23. The Morgan fingerprint density at radius 1 is 1.47 bits per heavy atom. The van der Waals surface area contributed by atoms with Crippen LogP contribution in [0.5, 0.6) is 0 Å². The van der Waals surface area contributed by atoms with Crippen molar-refractivity contribution in [3.63, 3.8) is 0 Å². The van der Waals surface area contributed by atoms with Crippen LogP contribution in [0.3, 0.4) is 0 Å². The normalized spacial score (nSPS) is 13.1. The van der Waals surface area contributed by atoms with Gasteiger partial charge in [0.1, 0.15) is 5.82 Å². The lowest BCUT2D eigenvalue weighted by molar-refractivity contribution is 0.265. The van der Waals surface area contributed by atoms with E-state index in [-0.39, 0.29) is 11.9 Å². The Bertz CT molecular complexity index is 357. The van der Waals surface area contributed by atoms with Gasteiger partial charge < -0.3 is 5.73 Å². The van der Waals surface area contributed by atoms with Crippen molar-refractivity contribution in [2.24, 2.45) is 5.73 Å². The number of hydrogen-bond donors (Lipinski definition) is 1. The summed E-state index contributed by atoms with van der Waals surface area (Å²) < 4.78 is 13.1. The molecule has 4 heteroatoms. The lowest BCUT2D eigenvalue weighted by Gasteiger charge is -2.28. The zero-order valence-electron chi connectivity index (χ0n) is 10.7. The van der Waals surface area contributed by atoms with Crippen LogP contribution in [0.1, 0.15) is 17.2 Å². The number of nitrogens with zero attached hydrogens (tertiary/aromatic N) is 1. The van der Waals surface area contributed by atoms with Gasteiger partial charge in [-0.2, -0.15) is 11.8 Å². The van der Waals surface area contributed by atoms with Gasteiger partial charge in [0.25, 0.3) is 0 Å². The standard InChI is InChI=1S/C13H21FN2S/c1-10-8-11(14)4-5-12(10)13(9-15)16(2)6-7-17-3/h4-5,8,13H,6-7,9,15H2,1-3H3. The van der Waals surface area contributed by atoms with Crippen molar-refractivity contribution < 1.29 is 4.39 Å². The van der Waals surface area contributed by atoms with Gasteiger partial charge in [0.2, 0.25) is 0 Å². The first kappa shape index (κ1) is 14.5. The predicted molar refractivity (Wildman–Crippen MR) is 73.9 cm³/mol. The molecule has 0 saturated heterocycles. The molecule has 0 aromatic heterocycles. The summed E-state index contributed by atoms with van der Waals surface area (Å²) in [6.45, 7) is 3.47. The molecule has 1 aromatic carbocycles. The Labute approximate surface area is 107 Å². The molecule has 96 valence electrons. The first-order chi connectivity index (χ1) is 8.10.